The smallest absolute Gasteiger partial charge is 0.349 e. The van der Waals surface area contributed by atoms with Gasteiger partial charge in [0, 0.05) is 30.3 Å². The summed E-state index contributed by atoms with van der Waals surface area (Å²) in [6, 6.07) is 13.5. The topological polar surface area (TPSA) is 66.9 Å². The maximum atomic E-state index is 12.7. The second-order valence-corrected chi connectivity index (χ2v) is 8.02. The van der Waals surface area contributed by atoms with Crippen LogP contribution in [0.4, 0.5) is 24.7 Å². The lowest BCUT2D eigenvalue weighted by Gasteiger charge is -2.13. The number of amides is 1. The number of anilines is 2. The van der Waals surface area contributed by atoms with E-state index in [1.54, 1.807) is 24.5 Å². The lowest BCUT2D eigenvalue weighted by Crippen LogP contribution is -2.32. The van der Waals surface area contributed by atoms with E-state index in [9.17, 15) is 18.0 Å². The van der Waals surface area contributed by atoms with Crippen LogP contribution < -0.4 is 10.6 Å². The van der Waals surface area contributed by atoms with Gasteiger partial charge in [-0.05, 0) is 73.7 Å². The van der Waals surface area contributed by atoms with Crippen LogP contribution in [-0.2, 0) is 6.18 Å². The highest BCUT2D eigenvalue weighted by atomic mass is 19.4. The van der Waals surface area contributed by atoms with Gasteiger partial charge in [0.1, 0.15) is 5.82 Å². The van der Waals surface area contributed by atoms with Crippen molar-refractivity contribution in [2.45, 2.75) is 38.4 Å². The molecule has 1 aliphatic carbocycles. The van der Waals surface area contributed by atoms with Gasteiger partial charge in [-0.15, -0.1) is 0 Å². The Morgan fingerprint density at radius 1 is 1.06 bits per heavy atom. The van der Waals surface area contributed by atoms with Crippen molar-refractivity contribution in [2.75, 3.05) is 5.32 Å². The molecular formula is C25H23F3N4O. The fourth-order valence-electron chi connectivity index (χ4n) is 3.90. The van der Waals surface area contributed by atoms with Gasteiger partial charge >= 0.3 is 6.18 Å². The zero-order valence-electron chi connectivity index (χ0n) is 18.0. The number of halogens is 3. The lowest BCUT2D eigenvalue weighted by atomic mass is 9.99. The number of pyridine rings is 2. The van der Waals surface area contributed by atoms with Gasteiger partial charge in [0.05, 0.1) is 11.1 Å². The number of aromatic nitrogens is 2. The van der Waals surface area contributed by atoms with Crippen LogP contribution in [0.5, 0.6) is 0 Å². The van der Waals surface area contributed by atoms with Gasteiger partial charge in [0.25, 0.3) is 5.91 Å². The number of hydrogen-bond donors (Lipinski definition) is 2. The predicted octanol–water partition coefficient (Wildman–Crippen LogP) is 6.00. The van der Waals surface area contributed by atoms with Crippen molar-refractivity contribution >= 4 is 23.0 Å². The summed E-state index contributed by atoms with van der Waals surface area (Å²) in [6.45, 7) is 2.05. The Bertz CT molecular complexity index is 1160. The highest BCUT2D eigenvalue weighted by molar-refractivity contribution is 5.94. The number of allylic oxidation sites excluding steroid dienone is 1. The molecule has 0 radical (unpaired) electrons. The van der Waals surface area contributed by atoms with Gasteiger partial charge < -0.3 is 10.6 Å². The standard InChI is InChI=1S/C25H23F3N4O/c1-16(18-7-9-22(13-18)32-24(33)19-5-3-11-29-14-19)17-4-2-6-21(12-17)31-23-10-8-20(15-30-23)25(26,27)28/h2-6,8,10-12,14-15,22H,7,9,13H2,1H3,(H,30,31)(H,32,33)/b18-16+. The summed E-state index contributed by atoms with van der Waals surface area (Å²) in [5.74, 6) is 0.215. The number of carbonyl (C=O) groups is 1. The minimum atomic E-state index is -4.41. The van der Waals surface area contributed by atoms with E-state index >= 15 is 0 Å². The Morgan fingerprint density at radius 3 is 2.58 bits per heavy atom. The minimum absolute atomic E-state index is 0.0697. The van der Waals surface area contributed by atoms with Crippen LogP contribution in [-0.4, -0.2) is 21.9 Å². The Balaban J connectivity index is 1.43. The van der Waals surface area contributed by atoms with Crippen molar-refractivity contribution in [1.82, 2.24) is 15.3 Å². The van der Waals surface area contributed by atoms with E-state index in [1.807, 2.05) is 24.3 Å². The van der Waals surface area contributed by atoms with Crippen LogP contribution in [0, 0.1) is 0 Å². The van der Waals surface area contributed by atoms with E-state index in [0.29, 0.717) is 11.4 Å². The van der Waals surface area contributed by atoms with Crippen LogP contribution >= 0.6 is 0 Å². The SMILES string of the molecule is C/C(=C1/CCC(NC(=O)c2cccnc2)C1)c1cccc(Nc2ccc(C(F)(F)F)cn2)c1. The summed E-state index contributed by atoms with van der Waals surface area (Å²) >= 11 is 0. The quantitative estimate of drug-likeness (QED) is 0.499. The Kier molecular flexibility index (Phi) is 6.44. The molecular weight excluding hydrogens is 429 g/mol. The van der Waals surface area contributed by atoms with Crippen LogP contribution in [0.3, 0.4) is 0 Å². The zero-order valence-corrected chi connectivity index (χ0v) is 18.0. The molecule has 170 valence electrons. The van der Waals surface area contributed by atoms with Crippen molar-refractivity contribution in [3.05, 3.63) is 89.4 Å². The van der Waals surface area contributed by atoms with Gasteiger partial charge in [-0.2, -0.15) is 13.2 Å². The molecule has 2 aromatic heterocycles. The minimum Gasteiger partial charge on any atom is -0.349 e. The van der Waals surface area contributed by atoms with Gasteiger partial charge in [0.15, 0.2) is 0 Å². The maximum absolute atomic E-state index is 12.7. The molecule has 0 bridgehead atoms. The second kappa shape index (κ2) is 9.44. The second-order valence-electron chi connectivity index (χ2n) is 8.02. The fraction of sp³-hybridized carbons (Fsp3) is 0.240. The average Bonchev–Trinajstić information content (AvgIpc) is 3.27. The van der Waals surface area contributed by atoms with Gasteiger partial charge in [-0.25, -0.2) is 4.98 Å². The molecule has 1 aliphatic rings. The summed E-state index contributed by atoms with van der Waals surface area (Å²) in [5, 5.41) is 6.13. The summed E-state index contributed by atoms with van der Waals surface area (Å²) in [6.07, 6.45) is 2.12. The molecule has 33 heavy (non-hydrogen) atoms. The van der Waals surface area contributed by atoms with Crippen LogP contribution in [0.15, 0.2) is 72.7 Å². The third-order valence-electron chi connectivity index (χ3n) is 5.74. The van der Waals surface area contributed by atoms with Crippen molar-refractivity contribution in [3.63, 3.8) is 0 Å². The number of nitrogens with one attached hydrogen (secondary N) is 2. The van der Waals surface area contributed by atoms with E-state index in [-0.39, 0.29) is 11.9 Å². The number of rotatable bonds is 5. The van der Waals surface area contributed by atoms with Gasteiger partial charge in [-0.3, -0.25) is 9.78 Å². The fourth-order valence-corrected chi connectivity index (χ4v) is 3.90. The molecule has 4 rings (SSSR count). The third kappa shape index (κ3) is 5.58. The molecule has 1 fully saturated rings. The molecule has 2 heterocycles. The summed E-state index contributed by atoms with van der Waals surface area (Å²) < 4.78 is 38.2. The Morgan fingerprint density at radius 2 is 1.88 bits per heavy atom. The molecule has 1 unspecified atom stereocenters. The van der Waals surface area contributed by atoms with Crippen molar-refractivity contribution in [3.8, 4) is 0 Å². The molecule has 1 atom stereocenters. The van der Waals surface area contributed by atoms with E-state index in [1.165, 1.54) is 11.6 Å². The summed E-state index contributed by atoms with van der Waals surface area (Å²) in [5.41, 5.74) is 3.92. The van der Waals surface area contributed by atoms with Crippen molar-refractivity contribution in [1.29, 1.82) is 0 Å². The number of nitrogens with zero attached hydrogens (tertiary/aromatic N) is 2. The first-order valence-corrected chi connectivity index (χ1v) is 10.6. The molecule has 3 aromatic rings. The average molecular weight is 452 g/mol. The zero-order chi connectivity index (χ0) is 23.4. The largest absolute Gasteiger partial charge is 0.417 e. The predicted molar refractivity (Wildman–Crippen MR) is 121 cm³/mol. The number of hydrogen-bond acceptors (Lipinski definition) is 4. The van der Waals surface area contributed by atoms with Crippen LogP contribution in [0.1, 0.15) is 47.7 Å². The number of carbonyl (C=O) groups excluding carboxylic acids is 1. The van der Waals surface area contributed by atoms with Crippen LogP contribution in [0.25, 0.3) is 5.57 Å². The lowest BCUT2D eigenvalue weighted by molar-refractivity contribution is -0.137. The number of alkyl halides is 3. The molecule has 0 saturated heterocycles. The molecule has 2 N–H and O–H groups in total. The molecule has 8 heteroatoms. The first-order valence-electron chi connectivity index (χ1n) is 10.6. The van der Waals surface area contributed by atoms with E-state index in [0.717, 1.165) is 48.3 Å². The molecule has 5 nitrogen and oxygen atoms in total. The highest BCUT2D eigenvalue weighted by Crippen LogP contribution is 2.33. The normalized spacial score (nSPS) is 17.5. The molecule has 1 aromatic carbocycles. The molecule has 1 amide bonds. The van der Waals surface area contributed by atoms with Crippen LogP contribution in [0.2, 0.25) is 0 Å². The van der Waals surface area contributed by atoms with E-state index in [4.69, 9.17) is 0 Å². The monoisotopic (exact) mass is 452 g/mol. The van der Waals surface area contributed by atoms with E-state index in [2.05, 4.69) is 27.5 Å². The summed E-state index contributed by atoms with van der Waals surface area (Å²) in [7, 11) is 0. The Labute approximate surface area is 189 Å². The molecule has 1 saturated carbocycles. The first-order chi connectivity index (χ1) is 15.8. The number of benzene rings is 1. The van der Waals surface area contributed by atoms with E-state index < -0.39 is 11.7 Å². The summed E-state index contributed by atoms with van der Waals surface area (Å²) in [4.78, 5) is 20.3. The van der Waals surface area contributed by atoms with Crippen molar-refractivity contribution in [2.24, 2.45) is 0 Å². The molecule has 0 aliphatic heterocycles. The third-order valence-corrected chi connectivity index (χ3v) is 5.74. The molecule has 0 spiro atoms. The van der Waals surface area contributed by atoms with Gasteiger partial charge in [0.2, 0.25) is 0 Å². The maximum Gasteiger partial charge on any atom is 0.417 e. The highest BCUT2D eigenvalue weighted by Gasteiger charge is 2.30. The Hall–Kier alpha value is -3.68. The van der Waals surface area contributed by atoms with Gasteiger partial charge in [-0.1, -0.05) is 17.7 Å². The van der Waals surface area contributed by atoms with Crippen molar-refractivity contribution < 1.29 is 18.0 Å². The first kappa shape index (κ1) is 22.5.